The molecule has 3 heteroatoms. The topological polar surface area (TPSA) is 29.5 Å². The van der Waals surface area contributed by atoms with Gasteiger partial charge < -0.3 is 9.64 Å². The molecule has 1 aromatic rings. The maximum atomic E-state index is 11.7. The molecule has 0 radical (unpaired) electrons. The summed E-state index contributed by atoms with van der Waals surface area (Å²) in [6.45, 7) is 8.87. The van der Waals surface area contributed by atoms with Crippen molar-refractivity contribution in [2.75, 3.05) is 25.1 Å². The lowest BCUT2D eigenvalue weighted by Gasteiger charge is -2.24. The van der Waals surface area contributed by atoms with Crippen LogP contribution in [-0.2, 0) is 0 Å². The van der Waals surface area contributed by atoms with Crippen LogP contribution in [0.15, 0.2) is 30.9 Å². The lowest BCUT2D eigenvalue weighted by molar-refractivity contribution is 0.101. The van der Waals surface area contributed by atoms with Gasteiger partial charge in [-0.3, -0.25) is 4.79 Å². The van der Waals surface area contributed by atoms with Gasteiger partial charge in [-0.25, -0.2) is 0 Å². The molecule has 0 spiro atoms. The molecule has 0 saturated carbocycles. The second-order valence-corrected chi connectivity index (χ2v) is 3.74. The predicted octanol–water partition coefficient (Wildman–Crippen LogP) is 2.91. The molecule has 0 heterocycles. The second kappa shape index (κ2) is 6.09. The SMILES string of the molecule is C=CCN(CC)c1cccc(OC)c1C(C)=O. The first kappa shape index (κ1) is 13.3. The fourth-order valence-corrected chi connectivity index (χ4v) is 1.86. The van der Waals surface area contributed by atoms with Crippen molar-refractivity contribution in [3.8, 4) is 5.75 Å². The van der Waals surface area contributed by atoms with Crippen LogP contribution >= 0.6 is 0 Å². The number of likely N-dealkylation sites (N-methyl/N-ethyl adjacent to an activating group) is 1. The Hall–Kier alpha value is -1.77. The molecule has 3 nitrogen and oxygen atoms in total. The molecule has 17 heavy (non-hydrogen) atoms. The van der Waals surface area contributed by atoms with Gasteiger partial charge >= 0.3 is 0 Å². The summed E-state index contributed by atoms with van der Waals surface area (Å²) in [5, 5.41) is 0. The molecule has 0 N–H and O–H groups in total. The first-order valence-corrected chi connectivity index (χ1v) is 5.69. The first-order valence-electron chi connectivity index (χ1n) is 5.69. The Morgan fingerprint density at radius 2 is 2.24 bits per heavy atom. The van der Waals surface area contributed by atoms with Crippen molar-refractivity contribution in [3.05, 3.63) is 36.4 Å². The van der Waals surface area contributed by atoms with Crippen LogP contribution in [0.4, 0.5) is 5.69 Å². The largest absolute Gasteiger partial charge is 0.496 e. The smallest absolute Gasteiger partial charge is 0.165 e. The number of anilines is 1. The summed E-state index contributed by atoms with van der Waals surface area (Å²) in [5.74, 6) is 0.637. The second-order valence-electron chi connectivity index (χ2n) is 3.74. The maximum absolute atomic E-state index is 11.7. The third kappa shape index (κ3) is 2.87. The summed E-state index contributed by atoms with van der Waals surface area (Å²) in [5.41, 5.74) is 1.54. The number of Topliss-reactive ketones (excluding diaryl/α,β-unsaturated/α-hetero) is 1. The number of carbonyl (C=O) groups excluding carboxylic acids is 1. The maximum Gasteiger partial charge on any atom is 0.165 e. The summed E-state index contributed by atoms with van der Waals surface area (Å²) >= 11 is 0. The third-order valence-electron chi connectivity index (χ3n) is 2.65. The molecular weight excluding hydrogens is 214 g/mol. The minimum Gasteiger partial charge on any atom is -0.496 e. The highest BCUT2D eigenvalue weighted by Gasteiger charge is 2.16. The quantitative estimate of drug-likeness (QED) is 0.559. The van der Waals surface area contributed by atoms with E-state index in [0.29, 0.717) is 17.9 Å². The number of nitrogens with zero attached hydrogens (tertiary/aromatic N) is 1. The number of methoxy groups -OCH3 is 1. The van der Waals surface area contributed by atoms with Crippen LogP contribution in [0.25, 0.3) is 0 Å². The van der Waals surface area contributed by atoms with E-state index in [4.69, 9.17) is 4.74 Å². The minimum absolute atomic E-state index is 0.0139. The van der Waals surface area contributed by atoms with Crippen LogP contribution < -0.4 is 9.64 Å². The third-order valence-corrected chi connectivity index (χ3v) is 2.65. The van der Waals surface area contributed by atoms with Gasteiger partial charge in [0, 0.05) is 13.1 Å². The van der Waals surface area contributed by atoms with Crippen LogP contribution in [0, 0.1) is 0 Å². The van der Waals surface area contributed by atoms with Gasteiger partial charge in [-0.1, -0.05) is 12.1 Å². The fraction of sp³-hybridized carbons (Fsp3) is 0.357. The Bertz CT molecular complexity index is 413. The molecular formula is C14H19NO2. The van der Waals surface area contributed by atoms with E-state index in [1.165, 1.54) is 0 Å². The lowest BCUT2D eigenvalue weighted by Crippen LogP contribution is -2.24. The van der Waals surface area contributed by atoms with Gasteiger partial charge in [0.05, 0.1) is 18.4 Å². The van der Waals surface area contributed by atoms with Crippen LogP contribution in [0.3, 0.4) is 0 Å². The van der Waals surface area contributed by atoms with E-state index in [9.17, 15) is 4.79 Å². The summed E-state index contributed by atoms with van der Waals surface area (Å²) in [7, 11) is 1.58. The molecule has 0 fully saturated rings. The molecule has 0 aliphatic carbocycles. The normalized spacial score (nSPS) is 9.82. The Balaban J connectivity index is 3.30. The molecule has 1 aromatic carbocycles. The summed E-state index contributed by atoms with van der Waals surface area (Å²) in [6, 6.07) is 5.64. The van der Waals surface area contributed by atoms with E-state index in [2.05, 4.69) is 11.5 Å². The highest BCUT2D eigenvalue weighted by atomic mass is 16.5. The number of ketones is 1. The number of hydrogen-bond donors (Lipinski definition) is 0. The van der Waals surface area contributed by atoms with E-state index in [1.807, 2.05) is 31.2 Å². The molecule has 0 aliphatic heterocycles. The van der Waals surface area contributed by atoms with E-state index < -0.39 is 0 Å². The number of ether oxygens (including phenoxy) is 1. The van der Waals surface area contributed by atoms with Crippen molar-refractivity contribution >= 4 is 11.5 Å². The zero-order chi connectivity index (χ0) is 12.8. The predicted molar refractivity (Wildman–Crippen MR) is 71.1 cm³/mol. The highest BCUT2D eigenvalue weighted by molar-refractivity contribution is 6.02. The minimum atomic E-state index is 0.0139. The van der Waals surface area contributed by atoms with E-state index in [1.54, 1.807) is 14.0 Å². The molecule has 0 aliphatic rings. The molecule has 0 atom stereocenters. The lowest BCUT2D eigenvalue weighted by atomic mass is 10.1. The molecule has 0 saturated heterocycles. The van der Waals surface area contributed by atoms with Gasteiger partial charge in [0.15, 0.2) is 5.78 Å². The van der Waals surface area contributed by atoms with Crippen molar-refractivity contribution in [1.29, 1.82) is 0 Å². The zero-order valence-corrected chi connectivity index (χ0v) is 10.7. The summed E-state index contributed by atoms with van der Waals surface area (Å²) in [4.78, 5) is 13.8. The van der Waals surface area contributed by atoms with Gasteiger partial charge in [0.25, 0.3) is 0 Å². The molecule has 1 rings (SSSR count). The van der Waals surface area contributed by atoms with Crippen molar-refractivity contribution in [2.24, 2.45) is 0 Å². The highest BCUT2D eigenvalue weighted by Crippen LogP contribution is 2.29. The van der Waals surface area contributed by atoms with Crippen molar-refractivity contribution < 1.29 is 9.53 Å². The average molecular weight is 233 g/mol. The summed E-state index contributed by atoms with van der Waals surface area (Å²) < 4.78 is 5.25. The van der Waals surface area contributed by atoms with E-state index in [-0.39, 0.29) is 5.78 Å². The van der Waals surface area contributed by atoms with Crippen molar-refractivity contribution in [2.45, 2.75) is 13.8 Å². The Morgan fingerprint density at radius 3 is 2.71 bits per heavy atom. The molecule has 92 valence electrons. The van der Waals surface area contributed by atoms with Gasteiger partial charge in [0.2, 0.25) is 0 Å². The number of benzene rings is 1. The Kier molecular flexibility index (Phi) is 4.76. The van der Waals surface area contributed by atoms with Crippen molar-refractivity contribution in [3.63, 3.8) is 0 Å². The van der Waals surface area contributed by atoms with Gasteiger partial charge in [-0.2, -0.15) is 0 Å². The number of hydrogen-bond acceptors (Lipinski definition) is 3. The van der Waals surface area contributed by atoms with Crippen LogP contribution in [0.2, 0.25) is 0 Å². The molecule has 0 bridgehead atoms. The number of rotatable bonds is 6. The number of carbonyl (C=O) groups is 1. The van der Waals surface area contributed by atoms with Gasteiger partial charge in [-0.15, -0.1) is 6.58 Å². The van der Waals surface area contributed by atoms with E-state index >= 15 is 0 Å². The van der Waals surface area contributed by atoms with Gasteiger partial charge in [-0.05, 0) is 26.0 Å². The van der Waals surface area contributed by atoms with Crippen molar-refractivity contribution in [1.82, 2.24) is 0 Å². The zero-order valence-electron chi connectivity index (χ0n) is 10.7. The summed E-state index contributed by atoms with van der Waals surface area (Å²) in [6.07, 6.45) is 1.83. The van der Waals surface area contributed by atoms with E-state index in [0.717, 1.165) is 12.2 Å². The van der Waals surface area contributed by atoms with Crippen LogP contribution in [0.1, 0.15) is 24.2 Å². The van der Waals surface area contributed by atoms with Crippen LogP contribution in [0.5, 0.6) is 5.75 Å². The Labute approximate surface area is 103 Å². The molecule has 0 unspecified atom stereocenters. The van der Waals surface area contributed by atoms with Crippen LogP contribution in [-0.4, -0.2) is 26.0 Å². The standard InChI is InChI=1S/C14H19NO2/c1-5-10-15(6-2)12-8-7-9-13(17-4)14(12)11(3)16/h5,7-9H,1,6,10H2,2-4H3. The Morgan fingerprint density at radius 1 is 1.53 bits per heavy atom. The fourth-order valence-electron chi connectivity index (χ4n) is 1.86. The molecule has 0 aromatic heterocycles. The average Bonchev–Trinajstić information content (AvgIpc) is 2.34. The van der Waals surface area contributed by atoms with Gasteiger partial charge in [0.1, 0.15) is 5.75 Å². The first-order chi connectivity index (χ1) is 8.15. The molecule has 0 amide bonds. The monoisotopic (exact) mass is 233 g/mol.